The minimum atomic E-state index is 0.149. The minimum Gasteiger partial charge on any atom is -0.497 e. The van der Waals surface area contributed by atoms with Gasteiger partial charge in [-0.05, 0) is 29.0 Å². The van der Waals surface area contributed by atoms with Crippen molar-refractivity contribution in [3.8, 4) is 16.3 Å². The van der Waals surface area contributed by atoms with Crippen molar-refractivity contribution in [2.45, 2.75) is 33.4 Å². The molecule has 0 aliphatic rings. The Balaban J connectivity index is 1.72. The molecule has 0 saturated heterocycles. The van der Waals surface area contributed by atoms with Gasteiger partial charge < -0.3 is 10.1 Å². The molecule has 3 nitrogen and oxygen atoms in total. The third-order valence-electron chi connectivity index (χ3n) is 4.05. The first-order chi connectivity index (χ1) is 12.0. The zero-order chi connectivity index (χ0) is 17.9. The molecule has 0 amide bonds. The molecule has 0 spiro atoms. The Kier molecular flexibility index (Phi) is 5.57. The van der Waals surface area contributed by atoms with Crippen LogP contribution in [-0.2, 0) is 6.54 Å². The number of hydrogen-bond acceptors (Lipinski definition) is 5. The first-order valence-corrected chi connectivity index (χ1v) is 10.1. The smallest absolute Gasteiger partial charge is 0.123 e. The van der Waals surface area contributed by atoms with Gasteiger partial charge in [0.25, 0.3) is 0 Å². The van der Waals surface area contributed by atoms with Crippen LogP contribution in [-0.4, -0.2) is 12.1 Å². The number of ether oxygens (including phenoxy) is 1. The molecule has 1 unspecified atom stereocenters. The van der Waals surface area contributed by atoms with Crippen molar-refractivity contribution in [3.05, 3.63) is 57.7 Å². The maximum absolute atomic E-state index is 5.31. The third kappa shape index (κ3) is 4.48. The summed E-state index contributed by atoms with van der Waals surface area (Å²) in [4.78, 5) is 6.17. The van der Waals surface area contributed by atoms with E-state index < -0.39 is 0 Å². The van der Waals surface area contributed by atoms with Crippen molar-refractivity contribution < 1.29 is 4.74 Å². The SMILES string of the molecule is COc1cccc(-c2nc(CNC(c3cccs3)C(C)(C)C)cs2)c1. The monoisotopic (exact) mass is 372 g/mol. The van der Waals surface area contributed by atoms with Gasteiger partial charge in [0, 0.05) is 28.4 Å². The minimum absolute atomic E-state index is 0.149. The van der Waals surface area contributed by atoms with Gasteiger partial charge in [-0.1, -0.05) is 39.0 Å². The van der Waals surface area contributed by atoms with Gasteiger partial charge in [0.1, 0.15) is 10.8 Å². The van der Waals surface area contributed by atoms with E-state index in [0.717, 1.165) is 28.6 Å². The highest BCUT2D eigenvalue weighted by Gasteiger charge is 2.26. The fourth-order valence-electron chi connectivity index (χ4n) is 2.77. The van der Waals surface area contributed by atoms with Crippen LogP contribution in [0.1, 0.15) is 37.4 Å². The Hall–Kier alpha value is -1.69. The Morgan fingerprint density at radius 2 is 2.00 bits per heavy atom. The standard InChI is InChI=1S/C20H24N2OS2/c1-20(2,3)18(17-9-6-10-24-17)21-12-15-13-25-19(22-15)14-7-5-8-16(11-14)23-4/h5-11,13,18,21H,12H2,1-4H3. The molecule has 1 N–H and O–H groups in total. The van der Waals surface area contributed by atoms with Crippen molar-refractivity contribution in [1.82, 2.24) is 10.3 Å². The molecule has 3 aromatic rings. The number of thiophene rings is 1. The molecule has 0 saturated carbocycles. The second-order valence-corrected chi connectivity index (χ2v) is 8.91. The molecule has 0 aliphatic carbocycles. The zero-order valence-electron chi connectivity index (χ0n) is 15.1. The molecule has 25 heavy (non-hydrogen) atoms. The van der Waals surface area contributed by atoms with Crippen LogP contribution in [0.4, 0.5) is 0 Å². The van der Waals surface area contributed by atoms with E-state index in [1.54, 1.807) is 29.8 Å². The van der Waals surface area contributed by atoms with Crippen LogP contribution in [0.25, 0.3) is 10.6 Å². The molecule has 0 bridgehead atoms. The van der Waals surface area contributed by atoms with E-state index in [4.69, 9.17) is 9.72 Å². The summed E-state index contributed by atoms with van der Waals surface area (Å²) in [5.74, 6) is 0.859. The highest BCUT2D eigenvalue weighted by Crippen LogP contribution is 2.35. The largest absolute Gasteiger partial charge is 0.497 e. The summed E-state index contributed by atoms with van der Waals surface area (Å²) in [6.07, 6.45) is 0. The van der Waals surface area contributed by atoms with Gasteiger partial charge >= 0.3 is 0 Å². The Bertz CT molecular complexity index is 803. The topological polar surface area (TPSA) is 34.1 Å². The zero-order valence-corrected chi connectivity index (χ0v) is 16.7. The van der Waals surface area contributed by atoms with Gasteiger partial charge in [0.05, 0.1) is 12.8 Å². The molecule has 2 heterocycles. The first-order valence-electron chi connectivity index (χ1n) is 8.33. The van der Waals surface area contributed by atoms with E-state index in [1.807, 2.05) is 18.2 Å². The van der Waals surface area contributed by atoms with Crippen LogP contribution in [0.5, 0.6) is 5.75 Å². The molecule has 5 heteroatoms. The normalized spacial score (nSPS) is 13.0. The Labute approximate surface area is 157 Å². The number of thiazole rings is 1. The highest BCUT2D eigenvalue weighted by molar-refractivity contribution is 7.13. The quantitative estimate of drug-likeness (QED) is 0.597. The molecular weight excluding hydrogens is 348 g/mol. The molecule has 0 fully saturated rings. The highest BCUT2D eigenvalue weighted by atomic mass is 32.1. The van der Waals surface area contributed by atoms with E-state index in [9.17, 15) is 0 Å². The Morgan fingerprint density at radius 1 is 1.16 bits per heavy atom. The lowest BCUT2D eigenvalue weighted by molar-refractivity contribution is 0.274. The number of nitrogens with one attached hydrogen (secondary N) is 1. The molecule has 0 radical (unpaired) electrons. The third-order valence-corrected chi connectivity index (χ3v) is 5.93. The van der Waals surface area contributed by atoms with Crippen molar-refractivity contribution in [1.29, 1.82) is 0 Å². The van der Waals surface area contributed by atoms with Crippen LogP contribution in [0.15, 0.2) is 47.2 Å². The second-order valence-electron chi connectivity index (χ2n) is 7.07. The summed E-state index contributed by atoms with van der Waals surface area (Å²) in [7, 11) is 1.69. The number of rotatable bonds is 6. The number of nitrogens with zero attached hydrogens (tertiary/aromatic N) is 1. The fourth-order valence-corrected chi connectivity index (χ4v) is 4.63. The van der Waals surface area contributed by atoms with Crippen molar-refractivity contribution in [2.24, 2.45) is 5.41 Å². The van der Waals surface area contributed by atoms with E-state index >= 15 is 0 Å². The number of hydrogen-bond donors (Lipinski definition) is 1. The predicted octanol–water partition coefficient (Wildman–Crippen LogP) is 5.76. The molecule has 1 atom stereocenters. The lowest BCUT2D eigenvalue weighted by Crippen LogP contribution is -2.31. The van der Waals surface area contributed by atoms with Crippen LogP contribution in [0, 0.1) is 5.41 Å². The number of benzene rings is 1. The summed E-state index contributed by atoms with van der Waals surface area (Å²) in [6, 6.07) is 12.7. The maximum Gasteiger partial charge on any atom is 0.123 e. The predicted molar refractivity (Wildman–Crippen MR) is 107 cm³/mol. The summed E-state index contributed by atoms with van der Waals surface area (Å²) in [5.41, 5.74) is 2.33. The van der Waals surface area contributed by atoms with Crippen molar-refractivity contribution in [2.75, 3.05) is 7.11 Å². The summed E-state index contributed by atoms with van der Waals surface area (Å²) >= 11 is 3.48. The molecule has 2 aromatic heterocycles. The van der Waals surface area contributed by atoms with Gasteiger partial charge in [-0.25, -0.2) is 4.98 Å². The number of methoxy groups -OCH3 is 1. The van der Waals surface area contributed by atoms with E-state index in [2.05, 4.69) is 55.0 Å². The summed E-state index contributed by atoms with van der Waals surface area (Å²) in [5, 5.41) is 9.00. The van der Waals surface area contributed by atoms with E-state index in [0.29, 0.717) is 6.04 Å². The van der Waals surface area contributed by atoms with Crippen molar-refractivity contribution >= 4 is 22.7 Å². The van der Waals surface area contributed by atoms with Crippen LogP contribution < -0.4 is 10.1 Å². The fraction of sp³-hybridized carbons (Fsp3) is 0.350. The molecule has 0 aliphatic heterocycles. The molecule has 3 rings (SSSR count). The maximum atomic E-state index is 5.31. The Morgan fingerprint density at radius 3 is 2.68 bits per heavy atom. The average molecular weight is 373 g/mol. The van der Waals surface area contributed by atoms with Gasteiger partial charge in [0.2, 0.25) is 0 Å². The van der Waals surface area contributed by atoms with Crippen LogP contribution in [0.3, 0.4) is 0 Å². The van der Waals surface area contributed by atoms with Gasteiger partial charge in [-0.2, -0.15) is 0 Å². The first kappa shape index (κ1) is 18.1. The van der Waals surface area contributed by atoms with E-state index in [-0.39, 0.29) is 5.41 Å². The summed E-state index contributed by atoms with van der Waals surface area (Å²) < 4.78 is 5.31. The average Bonchev–Trinajstić information content (AvgIpc) is 3.26. The van der Waals surface area contributed by atoms with Gasteiger partial charge in [-0.3, -0.25) is 0 Å². The molecular formula is C20H24N2OS2. The van der Waals surface area contributed by atoms with Crippen molar-refractivity contribution in [3.63, 3.8) is 0 Å². The number of aromatic nitrogens is 1. The van der Waals surface area contributed by atoms with Crippen LogP contribution in [0.2, 0.25) is 0 Å². The molecule has 1 aromatic carbocycles. The van der Waals surface area contributed by atoms with Crippen LogP contribution >= 0.6 is 22.7 Å². The molecule has 132 valence electrons. The lowest BCUT2D eigenvalue weighted by Gasteiger charge is -2.30. The van der Waals surface area contributed by atoms with E-state index in [1.165, 1.54) is 4.88 Å². The lowest BCUT2D eigenvalue weighted by atomic mass is 9.86. The summed E-state index contributed by atoms with van der Waals surface area (Å²) in [6.45, 7) is 7.58. The van der Waals surface area contributed by atoms with Gasteiger partial charge in [0.15, 0.2) is 0 Å². The second kappa shape index (κ2) is 7.68. The van der Waals surface area contributed by atoms with Gasteiger partial charge in [-0.15, -0.1) is 22.7 Å².